The van der Waals surface area contributed by atoms with Crippen molar-refractivity contribution in [2.75, 3.05) is 33.4 Å². The molecular weight excluding hydrogens is 361 g/mol. The summed E-state index contributed by atoms with van der Waals surface area (Å²) in [5, 5.41) is 0. The first-order valence-corrected chi connectivity index (χ1v) is 9.77. The number of nitrogens with zero attached hydrogens (tertiary/aromatic N) is 3. The highest BCUT2D eigenvalue weighted by Crippen LogP contribution is 2.29. The van der Waals surface area contributed by atoms with Gasteiger partial charge >= 0.3 is 0 Å². The van der Waals surface area contributed by atoms with Gasteiger partial charge in [-0.25, -0.2) is 4.98 Å². The Bertz CT molecular complexity index is 1010. The molecule has 1 aliphatic rings. The van der Waals surface area contributed by atoms with Gasteiger partial charge in [0.1, 0.15) is 25.5 Å². The van der Waals surface area contributed by atoms with Gasteiger partial charge in [0.05, 0.1) is 18.3 Å². The molecule has 0 spiro atoms. The van der Waals surface area contributed by atoms with Crippen LogP contribution in [0.15, 0.2) is 35.4 Å². The topological polar surface area (TPSA) is 56.6 Å². The number of thiophene rings is 1. The summed E-state index contributed by atoms with van der Waals surface area (Å²) in [6, 6.07) is 7.16. The highest BCUT2D eigenvalue weighted by atomic mass is 32.1. The largest absolute Gasteiger partial charge is 0.493 e. The monoisotopic (exact) mass is 381 g/mol. The lowest BCUT2D eigenvalue weighted by atomic mass is 10.1. The molecule has 1 saturated heterocycles. The molecule has 1 aromatic carbocycles. The van der Waals surface area contributed by atoms with E-state index in [2.05, 4.69) is 9.88 Å². The fraction of sp³-hybridized carbons (Fsp3) is 0.368. The molecule has 0 atom stereocenters. The molecule has 0 unspecified atom stereocenters. The second-order valence-corrected chi connectivity index (χ2v) is 7.60. The molecule has 0 aliphatic carbocycles. The SMILES string of the molecule is [B]c1cc2ncn(-c3ccc(OCCN4CCCC4)c(OC)c3)c(=O)c2s1. The normalized spacial score (nSPS) is 14.7. The van der Waals surface area contributed by atoms with Crippen LogP contribution >= 0.6 is 11.3 Å². The zero-order valence-electron chi connectivity index (χ0n) is 15.2. The van der Waals surface area contributed by atoms with E-state index in [-0.39, 0.29) is 5.56 Å². The van der Waals surface area contributed by atoms with Gasteiger partial charge in [0.25, 0.3) is 5.56 Å². The van der Waals surface area contributed by atoms with Crippen molar-refractivity contribution >= 4 is 34.2 Å². The van der Waals surface area contributed by atoms with Crippen molar-refractivity contribution in [2.24, 2.45) is 0 Å². The fourth-order valence-corrected chi connectivity index (χ4v) is 4.14. The zero-order chi connectivity index (χ0) is 18.8. The van der Waals surface area contributed by atoms with E-state index >= 15 is 0 Å². The summed E-state index contributed by atoms with van der Waals surface area (Å²) in [7, 11) is 7.39. The van der Waals surface area contributed by atoms with Crippen LogP contribution in [0.5, 0.6) is 11.5 Å². The minimum absolute atomic E-state index is 0.147. The van der Waals surface area contributed by atoms with Crippen LogP contribution in [0.4, 0.5) is 0 Å². The van der Waals surface area contributed by atoms with Gasteiger partial charge in [-0.3, -0.25) is 14.3 Å². The molecule has 0 amide bonds. The number of fused-ring (bicyclic) bond motifs is 1. The summed E-state index contributed by atoms with van der Waals surface area (Å²) in [5.74, 6) is 1.26. The van der Waals surface area contributed by atoms with E-state index in [1.165, 1.54) is 35.1 Å². The molecule has 27 heavy (non-hydrogen) atoms. The Hall–Kier alpha value is -2.32. The maximum atomic E-state index is 12.7. The summed E-state index contributed by atoms with van der Waals surface area (Å²) in [6.45, 7) is 3.80. The third-order valence-corrected chi connectivity index (χ3v) is 5.69. The van der Waals surface area contributed by atoms with Crippen molar-refractivity contribution in [1.29, 1.82) is 0 Å². The van der Waals surface area contributed by atoms with Crippen molar-refractivity contribution in [1.82, 2.24) is 14.5 Å². The molecule has 4 rings (SSSR count). The first kappa shape index (κ1) is 18.1. The molecule has 3 heterocycles. The van der Waals surface area contributed by atoms with Crippen molar-refractivity contribution in [3.05, 3.63) is 40.9 Å². The molecule has 138 valence electrons. The fourth-order valence-electron chi connectivity index (χ4n) is 3.33. The predicted octanol–water partition coefficient (Wildman–Crippen LogP) is 1.72. The molecule has 6 nitrogen and oxygen atoms in total. The average Bonchev–Trinajstić information content (AvgIpc) is 3.32. The van der Waals surface area contributed by atoms with Crippen LogP contribution in [0.2, 0.25) is 0 Å². The third kappa shape index (κ3) is 3.72. The summed E-state index contributed by atoms with van der Waals surface area (Å²) in [6.07, 6.45) is 4.04. The number of methoxy groups -OCH3 is 1. The maximum Gasteiger partial charge on any atom is 0.275 e. The van der Waals surface area contributed by atoms with E-state index in [0.29, 0.717) is 38.8 Å². The first-order valence-electron chi connectivity index (χ1n) is 8.96. The standard InChI is InChI=1S/C19H20BN3O3S/c1-25-16-10-13(4-5-15(16)26-9-8-22-6-2-3-7-22)23-12-21-14-11-17(20)27-18(14)19(23)24/h4-5,10-12H,2-3,6-9H2,1H3. The first-order chi connectivity index (χ1) is 13.2. The molecule has 0 saturated carbocycles. The lowest BCUT2D eigenvalue weighted by molar-refractivity contribution is 0.230. The number of ether oxygens (including phenoxy) is 2. The average molecular weight is 381 g/mol. The van der Waals surface area contributed by atoms with Gasteiger partial charge in [-0.1, -0.05) is 0 Å². The van der Waals surface area contributed by atoms with Gasteiger partial charge in [0.2, 0.25) is 0 Å². The van der Waals surface area contributed by atoms with Crippen LogP contribution in [0.3, 0.4) is 0 Å². The van der Waals surface area contributed by atoms with E-state index in [0.717, 1.165) is 19.6 Å². The number of hydrogen-bond donors (Lipinski definition) is 0. The van der Waals surface area contributed by atoms with Gasteiger partial charge in [-0.2, -0.15) is 0 Å². The van der Waals surface area contributed by atoms with E-state index in [9.17, 15) is 4.79 Å². The number of hydrogen-bond acceptors (Lipinski definition) is 6. The molecule has 1 fully saturated rings. The van der Waals surface area contributed by atoms with Gasteiger partial charge in [0, 0.05) is 12.6 Å². The minimum atomic E-state index is -0.147. The Morgan fingerprint density at radius 3 is 2.81 bits per heavy atom. The van der Waals surface area contributed by atoms with E-state index in [4.69, 9.17) is 17.3 Å². The summed E-state index contributed by atoms with van der Waals surface area (Å²) >= 11 is 1.25. The molecule has 2 aromatic heterocycles. The number of aromatic nitrogens is 2. The summed E-state index contributed by atoms with van der Waals surface area (Å²) < 4.78 is 14.0. The van der Waals surface area contributed by atoms with E-state index < -0.39 is 0 Å². The molecule has 3 aromatic rings. The lowest BCUT2D eigenvalue weighted by Crippen LogP contribution is -2.25. The van der Waals surface area contributed by atoms with Gasteiger partial charge in [-0.05, 0) is 48.9 Å². The predicted molar refractivity (Wildman–Crippen MR) is 108 cm³/mol. The third-order valence-electron chi connectivity index (χ3n) is 4.75. The van der Waals surface area contributed by atoms with Crippen LogP contribution in [0.25, 0.3) is 15.9 Å². The zero-order valence-corrected chi connectivity index (χ0v) is 16.0. The van der Waals surface area contributed by atoms with Crippen LogP contribution in [0.1, 0.15) is 12.8 Å². The Labute approximate surface area is 162 Å². The Morgan fingerprint density at radius 1 is 1.22 bits per heavy atom. The molecule has 1 aliphatic heterocycles. The molecular formula is C19H20BN3O3S. The van der Waals surface area contributed by atoms with Crippen molar-refractivity contribution in [3.63, 3.8) is 0 Å². The smallest absolute Gasteiger partial charge is 0.275 e. The molecule has 0 N–H and O–H groups in total. The summed E-state index contributed by atoms with van der Waals surface area (Å²) in [4.78, 5) is 19.5. The van der Waals surface area contributed by atoms with Gasteiger partial charge < -0.3 is 9.47 Å². The molecule has 0 bridgehead atoms. The van der Waals surface area contributed by atoms with Crippen molar-refractivity contribution in [3.8, 4) is 17.2 Å². The number of rotatable bonds is 6. The number of benzene rings is 1. The van der Waals surface area contributed by atoms with Gasteiger partial charge in [-0.15, -0.1) is 11.3 Å². The second-order valence-electron chi connectivity index (χ2n) is 6.52. The molecule has 8 heteroatoms. The Kier molecular flexibility index (Phi) is 5.18. The minimum Gasteiger partial charge on any atom is -0.493 e. The molecule has 2 radical (unpaired) electrons. The van der Waals surface area contributed by atoms with Gasteiger partial charge in [0.15, 0.2) is 11.5 Å². The van der Waals surface area contributed by atoms with E-state index in [1.54, 1.807) is 19.2 Å². The van der Waals surface area contributed by atoms with E-state index in [1.807, 2.05) is 12.1 Å². The number of likely N-dealkylation sites (tertiary alicyclic amines) is 1. The highest BCUT2D eigenvalue weighted by Gasteiger charge is 2.14. The van der Waals surface area contributed by atoms with Crippen molar-refractivity contribution < 1.29 is 9.47 Å². The lowest BCUT2D eigenvalue weighted by Gasteiger charge is -2.17. The van der Waals surface area contributed by atoms with Crippen LogP contribution in [0, 0.1) is 0 Å². The Balaban J connectivity index is 1.57. The van der Waals surface area contributed by atoms with Crippen LogP contribution in [-0.2, 0) is 0 Å². The van der Waals surface area contributed by atoms with Crippen LogP contribution < -0.4 is 19.8 Å². The Morgan fingerprint density at radius 2 is 2.04 bits per heavy atom. The quantitative estimate of drug-likeness (QED) is 0.609. The maximum absolute atomic E-state index is 12.7. The summed E-state index contributed by atoms with van der Waals surface area (Å²) in [5.41, 5.74) is 1.14. The highest BCUT2D eigenvalue weighted by molar-refractivity contribution is 7.26. The van der Waals surface area contributed by atoms with Crippen LogP contribution in [-0.4, -0.2) is 55.6 Å². The second kappa shape index (κ2) is 7.74. The van der Waals surface area contributed by atoms with Crippen molar-refractivity contribution in [2.45, 2.75) is 12.8 Å².